The molecule has 1 aliphatic rings. The Morgan fingerprint density at radius 2 is 1.96 bits per heavy atom. The second-order valence-corrected chi connectivity index (χ2v) is 7.70. The Bertz CT molecular complexity index is 865. The van der Waals surface area contributed by atoms with Crippen molar-refractivity contribution < 1.29 is 19.1 Å². The maximum atomic E-state index is 15.4. The van der Waals surface area contributed by atoms with E-state index in [1.54, 1.807) is 36.4 Å². The van der Waals surface area contributed by atoms with Crippen molar-refractivity contribution in [2.24, 2.45) is 5.92 Å². The van der Waals surface area contributed by atoms with Gasteiger partial charge in [-0.25, -0.2) is 4.39 Å². The van der Waals surface area contributed by atoms with Gasteiger partial charge in [-0.3, -0.25) is 4.79 Å². The van der Waals surface area contributed by atoms with Gasteiger partial charge in [0.05, 0.1) is 17.2 Å². The first-order valence-corrected chi connectivity index (χ1v) is 9.76. The van der Waals surface area contributed by atoms with Crippen molar-refractivity contribution in [3.05, 3.63) is 69.5 Å². The summed E-state index contributed by atoms with van der Waals surface area (Å²) >= 11 is 6.19. The second kappa shape index (κ2) is 8.95. The highest BCUT2D eigenvalue weighted by Gasteiger charge is 2.36. The third-order valence-electron chi connectivity index (χ3n) is 5.09. The van der Waals surface area contributed by atoms with Crippen molar-refractivity contribution >= 4 is 23.7 Å². The SMILES string of the molecule is CC(CC=O)N[C@@H](c1ccc(Cl)c(C(=O)c2ccc(CO)cc2)c1F)C1CC1. The van der Waals surface area contributed by atoms with Gasteiger partial charge in [-0.05, 0) is 37.3 Å². The lowest BCUT2D eigenvalue weighted by Gasteiger charge is -2.24. The van der Waals surface area contributed by atoms with Gasteiger partial charge in [0.25, 0.3) is 0 Å². The first-order valence-electron chi connectivity index (χ1n) is 9.38. The van der Waals surface area contributed by atoms with Crippen LogP contribution < -0.4 is 5.32 Å². The number of nitrogens with one attached hydrogen (secondary N) is 1. The zero-order valence-electron chi connectivity index (χ0n) is 15.6. The number of rotatable bonds is 9. The Hall–Kier alpha value is -2.08. The van der Waals surface area contributed by atoms with E-state index in [-0.39, 0.29) is 35.2 Å². The molecular weight excluding hydrogens is 381 g/mol. The van der Waals surface area contributed by atoms with E-state index in [1.807, 2.05) is 6.92 Å². The molecule has 6 heteroatoms. The lowest BCUT2D eigenvalue weighted by Crippen LogP contribution is -2.33. The summed E-state index contributed by atoms with van der Waals surface area (Å²) in [7, 11) is 0. The number of aliphatic hydroxyl groups is 1. The third kappa shape index (κ3) is 4.49. The van der Waals surface area contributed by atoms with Gasteiger partial charge in [0.15, 0.2) is 5.78 Å². The van der Waals surface area contributed by atoms with Crippen LogP contribution in [-0.4, -0.2) is 23.2 Å². The number of aliphatic hydroxyl groups excluding tert-OH is 1. The summed E-state index contributed by atoms with van der Waals surface area (Å²) in [6.45, 7) is 1.75. The zero-order chi connectivity index (χ0) is 20.3. The first kappa shape index (κ1) is 20.6. The van der Waals surface area contributed by atoms with E-state index in [0.717, 1.165) is 19.1 Å². The highest BCUT2D eigenvalue weighted by Crippen LogP contribution is 2.43. The fourth-order valence-corrected chi connectivity index (χ4v) is 3.58. The highest BCUT2D eigenvalue weighted by atomic mass is 35.5. The van der Waals surface area contributed by atoms with Crippen molar-refractivity contribution in [1.82, 2.24) is 5.32 Å². The molecule has 0 aliphatic heterocycles. The number of ketones is 1. The largest absolute Gasteiger partial charge is 0.392 e. The van der Waals surface area contributed by atoms with Crippen molar-refractivity contribution in [1.29, 1.82) is 0 Å². The van der Waals surface area contributed by atoms with Gasteiger partial charge in [-0.1, -0.05) is 41.9 Å². The summed E-state index contributed by atoms with van der Waals surface area (Å²) in [5, 5.41) is 12.5. The van der Waals surface area contributed by atoms with E-state index < -0.39 is 11.6 Å². The molecule has 0 spiro atoms. The molecule has 2 atom stereocenters. The van der Waals surface area contributed by atoms with E-state index in [9.17, 15) is 9.59 Å². The van der Waals surface area contributed by atoms with Gasteiger partial charge in [-0.15, -0.1) is 0 Å². The average molecular weight is 404 g/mol. The lowest BCUT2D eigenvalue weighted by molar-refractivity contribution is -0.108. The van der Waals surface area contributed by atoms with Crippen molar-refractivity contribution in [3.63, 3.8) is 0 Å². The van der Waals surface area contributed by atoms with E-state index in [1.165, 1.54) is 0 Å². The Labute approximate surface area is 168 Å². The molecule has 0 amide bonds. The Kier molecular flexibility index (Phi) is 6.60. The molecule has 1 aliphatic carbocycles. The molecule has 0 aromatic heterocycles. The molecule has 1 saturated carbocycles. The lowest BCUT2D eigenvalue weighted by atomic mass is 9.94. The fourth-order valence-electron chi connectivity index (χ4n) is 3.35. The summed E-state index contributed by atoms with van der Waals surface area (Å²) < 4.78 is 15.4. The molecule has 0 saturated heterocycles. The molecule has 28 heavy (non-hydrogen) atoms. The van der Waals surface area contributed by atoms with E-state index in [0.29, 0.717) is 23.1 Å². The zero-order valence-corrected chi connectivity index (χ0v) is 16.4. The van der Waals surface area contributed by atoms with Crippen LogP contribution in [0.25, 0.3) is 0 Å². The van der Waals surface area contributed by atoms with Crippen LogP contribution in [0.15, 0.2) is 36.4 Å². The quantitative estimate of drug-likeness (QED) is 0.486. The molecule has 0 heterocycles. The maximum absolute atomic E-state index is 15.4. The number of carbonyl (C=O) groups excluding carboxylic acids is 2. The molecule has 1 fully saturated rings. The molecule has 2 aromatic rings. The Balaban J connectivity index is 1.96. The van der Waals surface area contributed by atoms with Gasteiger partial charge in [0, 0.05) is 29.6 Å². The van der Waals surface area contributed by atoms with Gasteiger partial charge in [0.2, 0.25) is 0 Å². The van der Waals surface area contributed by atoms with Crippen molar-refractivity contribution in [2.45, 2.75) is 44.9 Å². The topological polar surface area (TPSA) is 66.4 Å². The maximum Gasteiger partial charge on any atom is 0.197 e. The number of hydrogen-bond acceptors (Lipinski definition) is 4. The van der Waals surface area contributed by atoms with Crippen molar-refractivity contribution in [2.75, 3.05) is 0 Å². The van der Waals surface area contributed by atoms with Gasteiger partial charge < -0.3 is 15.2 Å². The number of aldehydes is 1. The predicted molar refractivity (Wildman–Crippen MR) is 106 cm³/mol. The van der Waals surface area contributed by atoms with Crippen LogP contribution in [0.3, 0.4) is 0 Å². The minimum absolute atomic E-state index is 0.0629. The van der Waals surface area contributed by atoms with Crippen LogP contribution in [0.1, 0.15) is 59.3 Å². The Morgan fingerprint density at radius 1 is 1.29 bits per heavy atom. The number of benzene rings is 2. The fraction of sp³-hybridized carbons (Fsp3) is 0.364. The molecule has 2 N–H and O–H groups in total. The average Bonchev–Trinajstić information content (AvgIpc) is 3.52. The van der Waals surface area contributed by atoms with Crippen LogP contribution in [0, 0.1) is 11.7 Å². The van der Waals surface area contributed by atoms with E-state index in [4.69, 9.17) is 16.7 Å². The van der Waals surface area contributed by atoms with E-state index >= 15 is 4.39 Å². The summed E-state index contributed by atoms with van der Waals surface area (Å²) in [6, 6.07) is 9.16. The van der Waals surface area contributed by atoms with E-state index in [2.05, 4.69) is 5.32 Å². The number of halogens is 2. The number of hydrogen-bond donors (Lipinski definition) is 2. The molecular formula is C22H23ClFNO3. The minimum Gasteiger partial charge on any atom is -0.392 e. The van der Waals surface area contributed by atoms with Crippen LogP contribution in [-0.2, 0) is 11.4 Å². The summed E-state index contributed by atoms with van der Waals surface area (Å²) in [6.07, 6.45) is 3.12. The summed E-state index contributed by atoms with van der Waals surface area (Å²) in [4.78, 5) is 23.7. The monoisotopic (exact) mass is 403 g/mol. The number of carbonyl (C=O) groups is 2. The van der Waals surface area contributed by atoms with Crippen LogP contribution in [0.2, 0.25) is 5.02 Å². The predicted octanol–water partition coefficient (Wildman–Crippen LogP) is 4.22. The highest BCUT2D eigenvalue weighted by molar-refractivity contribution is 6.35. The first-order chi connectivity index (χ1) is 13.5. The van der Waals surface area contributed by atoms with Crippen LogP contribution in [0.5, 0.6) is 0 Å². The van der Waals surface area contributed by atoms with Crippen LogP contribution in [0.4, 0.5) is 4.39 Å². The minimum atomic E-state index is -0.619. The third-order valence-corrected chi connectivity index (χ3v) is 5.40. The summed E-state index contributed by atoms with van der Waals surface area (Å²) in [5.41, 5.74) is 1.23. The molecule has 4 nitrogen and oxygen atoms in total. The second-order valence-electron chi connectivity index (χ2n) is 7.29. The smallest absolute Gasteiger partial charge is 0.197 e. The summed E-state index contributed by atoms with van der Waals surface area (Å²) in [5.74, 6) is -0.840. The van der Waals surface area contributed by atoms with Crippen LogP contribution >= 0.6 is 11.6 Å². The molecule has 0 bridgehead atoms. The van der Waals surface area contributed by atoms with Gasteiger partial charge in [-0.2, -0.15) is 0 Å². The molecule has 1 unspecified atom stereocenters. The molecule has 148 valence electrons. The van der Waals surface area contributed by atoms with Gasteiger partial charge >= 0.3 is 0 Å². The molecule has 0 radical (unpaired) electrons. The molecule has 3 rings (SSSR count). The standard InChI is InChI=1S/C22H23ClFNO3/c1-13(10-11-26)25-21(15-6-7-15)17-8-9-18(23)19(20(17)24)22(28)16-4-2-14(12-27)3-5-16/h2-5,8-9,11,13,15,21,25,27H,6-7,10,12H2,1H3/t13?,21-/m1/s1. The molecule has 2 aromatic carbocycles. The van der Waals surface area contributed by atoms with Crippen molar-refractivity contribution in [3.8, 4) is 0 Å². The normalized spacial score (nSPS) is 15.9. The van der Waals surface area contributed by atoms with Gasteiger partial charge in [0.1, 0.15) is 12.1 Å². The Morgan fingerprint density at radius 3 is 2.54 bits per heavy atom.